The summed E-state index contributed by atoms with van der Waals surface area (Å²) in [5.41, 5.74) is 9.49. The quantitative estimate of drug-likeness (QED) is 0.800. The Balaban J connectivity index is 2.64. The molecule has 0 aliphatic rings. The molecular formula is C13H19N3. The summed E-state index contributed by atoms with van der Waals surface area (Å²) in [5.74, 6) is 0. The highest BCUT2D eigenvalue weighted by Crippen LogP contribution is 2.27. The Hall–Kier alpha value is -1.48. The monoisotopic (exact) mass is 217 g/mol. The van der Waals surface area contributed by atoms with Gasteiger partial charge in [0.25, 0.3) is 0 Å². The van der Waals surface area contributed by atoms with E-state index in [0.717, 1.165) is 18.8 Å². The van der Waals surface area contributed by atoms with Gasteiger partial charge in [-0.3, -0.25) is 0 Å². The van der Waals surface area contributed by atoms with E-state index in [9.17, 15) is 0 Å². The van der Waals surface area contributed by atoms with Crippen LogP contribution < -0.4 is 5.73 Å². The number of nitrogens with two attached hydrogens (primary N) is 1. The fourth-order valence-electron chi connectivity index (χ4n) is 2.19. The molecule has 1 aromatic carbocycles. The third-order valence-electron chi connectivity index (χ3n) is 2.84. The van der Waals surface area contributed by atoms with Crippen molar-refractivity contribution in [2.24, 2.45) is 0 Å². The van der Waals surface area contributed by atoms with Crippen molar-refractivity contribution < 1.29 is 0 Å². The number of nitrogen functional groups attached to an aromatic ring is 1. The first-order valence-corrected chi connectivity index (χ1v) is 5.64. The molecule has 0 amide bonds. The third kappa shape index (κ3) is 1.78. The molecule has 0 aliphatic heterocycles. The predicted octanol–water partition coefficient (Wildman–Crippen LogP) is 2.31. The summed E-state index contributed by atoms with van der Waals surface area (Å²) in [6.07, 6.45) is 2.21. The van der Waals surface area contributed by atoms with Crippen LogP contribution in [-0.2, 0) is 13.1 Å². The summed E-state index contributed by atoms with van der Waals surface area (Å²) in [4.78, 5) is 2.17. The van der Waals surface area contributed by atoms with E-state index in [-0.39, 0.29) is 0 Å². The summed E-state index contributed by atoms with van der Waals surface area (Å²) in [7, 11) is 4.16. The van der Waals surface area contributed by atoms with Gasteiger partial charge in [-0.1, -0.05) is 6.07 Å². The number of hydrogen-bond acceptors (Lipinski definition) is 2. The molecule has 2 rings (SSSR count). The molecular weight excluding hydrogens is 198 g/mol. The second kappa shape index (κ2) is 4.18. The molecule has 1 aromatic heterocycles. The number of anilines is 1. The van der Waals surface area contributed by atoms with E-state index in [1.165, 1.54) is 16.5 Å². The average Bonchev–Trinajstić information content (AvgIpc) is 2.57. The van der Waals surface area contributed by atoms with Crippen LogP contribution in [0.5, 0.6) is 0 Å². The molecule has 0 unspecified atom stereocenters. The zero-order valence-electron chi connectivity index (χ0n) is 10.2. The van der Waals surface area contributed by atoms with Crippen molar-refractivity contribution in [1.29, 1.82) is 0 Å². The molecule has 0 fully saturated rings. The van der Waals surface area contributed by atoms with Crippen LogP contribution in [0.15, 0.2) is 24.4 Å². The average molecular weight is 217 g/mol. The molecule has 3 nitrogen and oxygen atoms in total. The first-order valence-electron chi connectivity index (χ1n) is 5.64. The Morgan fingerprint density at radius 3 is 2.69 bits per heavy atom. The van der Waals surface area contributed by atoms with E-state index < -0.39 is 0 Å². The van der Waals surface area contributed by atoms with Gasteiger partial charge >= 0.3 is 0 Å². The number of fused-ring (bicyclic) bond motifs is 1. The van der Waals surface area contributed by atoms with Gasteiger partial charge in [-0.15, -0.1) is 0 Å². The first kappa shape index (κ1) is 11.0. The normalized spacial score (nSPS) is 11.5. The van der Waals surface area contributed by atoms with Crippen LogP contribution in [0.25, 0.3) is 10.9 Å². The fourth-order valence-corrected chi connectivity index (χ4v) is 2.19. The molecule has 0 atom stereocenters. The van der Waals surface area contributed by atoms with Gasteiger partial charge in [0.2, 0.25) is 0 Å². The topological polar surface area (TPSA) is 34.2 Å². The molecule has 16 heavy (non-hydrogen) atoms. The van der Waals surface area contributed by atoms with Crippen LogP contribution in [0.4, 0.5) is 5.69 Å². The van der Waals surface area contributed by atoms with Gasteiger partial charge in [0.05, 0.1) is 5.52 Å². The number of aryl methyl sites for hydroxylation is 1. The highest BCUT2D eigenvalue weighted by Gasteiger charge is 2.10. The van der Waals surface area contributed by atoms with Gasteiger partial charge < -0.3 is 15.2 Å². The van der Waals surface area contributed by atoms with Crippen molar-refractivity contribution in [3.63, 3.8) is 0 Å². The van der Waals surface area contributed by atoms with E-state index >= 15 is 0 Å². The molecule has 0 spiro atoms. The molecule has 2 aromatic rings. The zero-order valence-corrected chi connectivity index (χ0v) is 10.2. The molecule has 0 bridgehead atoms. The lowest BCUT2D eigenvalue weighted by Crippen LogP contribution is -2.10. The predicted molar refractivity (Wildman–Crippen MR) is 69.4 cm³/mol. The SMILES string of the molecule is CCn1cc(CN(C)C)c2c(N)cccc21. The Labute approximate surface area is 96.5 Å². The van der Waals surface area contributed by atoms with Crippen molar-refractivity contribution in [2.45, 2.75) is 20.0 Å². The highest BCUT2D eigenvalue weighted by molar-refractivity contribution is 5.94. The fraction of sp³-hybridized carbons (Fsp3) is 0.385. The molecule has 2 N–H and O–H groups in total. The Kier molecular flexibility index (Phi) is 2.88. The van der Waals surface area contributed by atoms with Crippen LogP contribution in [0.3, 0.4) is 0 Å². The largest absolute Gasteiger partial charge is 0.398 e. The lowest BCUT2D eigenvalue weighted by Gasteiger charge is -2.08. The first-order chi connectivity index (χ1) is 7.63. The molecule has 0 radical (unpaired) electrons. The molecule has 0 saturated carbocycles. The summed E-state index contributed by atoms with van der Waals surface area (Å²) in [6.45, 7) is 4.06. The second-order valence-corrected chi connectivity index (χ2v) is 4.42. The van der Waals surface area contributed by atoms with E-state index in [2.05, 4.69) is 42.7 Å². The van der Waals surface area contributed by atoms with Crippen molar-refractivity contribution in [3.05, 3.63) is 30.0 Å². The lowest BCUT2D eigenvalue weighted by molar-refractivity contribution is 0.403. The van der Waals surface area contributed by atoms with Crippen molar-refractivity contribution in [2.75, 3.05) is 19.8 Å². The van der Waals surface area contributed by atoms with Crippen LogP contribution in [0.1, 0.15) is 12.5 Å². The van der Waals surface area contributed by atoms with Gasteiger partial charge in [-0.25, -0.2) is 0 Å². The maximum atomic E-state index is 6.07. The minimum atomic E-state index is 0.876. The Bertz CT molecular complexity index is 497. The van der Waals surface area contributed by atoms with E-state index in [0.29, 0.717) is 0 Å². The minimum absolute atomic E-state index is 0.876. The smallest absolute Gasteiger partial charge is 0.0504 e. The van der Waals surface area contributed by atoms with E-state index in [4.69, 9.17) is 5.73 Å². The number of aromatic nitrogens is 1. The Morgan fingerprint density at radius 1 is 1.31 bits per heavy atom. The maximum Gasteiger partial charge on any atom is 0.0504 e. The van der Waals surface area contributed by atoms with Crippen LogP contribution in [0.2, 0.25) is 0 Å². The molecule has 0 aliphatic carbocycles. The maximum absolute atomic E-state index is 6.07. The van der Waals surface area contributed by atoms with E-state index in [1.54, 1.807) is 0 Å². The van der Waals surface area contributed by atoms with Gasteiger partial charge in [0.1, 0.15) is 0 Å². The van der Waals surface area contributed by atoms with Gasteiger partial charge in [0, 0.05) is 30.4 Å². The third-order valence-corrected chi connectivity index (χ3v) is 2.84. The van der Waals surface area contributed by atoms with Crippen molar-refractivity contribution >= 4 is 16.6 Å². The van der Waals surface area contributed by atoms with Crippen LogP contribution in [-0.4, -0.2) is 23.6 Å². The number of nitrogens with zero attached hydrogens (tertiary/aromatic N) is 2. The van der Waals surface area contributed by atoms with Crippen molar-refractivity contribution in [3.8, 4) is 0 Å². The molecule has 0 saturated heterocycles. The molecule has 1 heterocycles. The van der Waals surface area contributed by atoms with E-state index in [1.807, 2.05) is 12.1 Å². The lowest BCUT2D eigenvalue weighted by atomic mass is 10.1. The second-order valence-electron chi connectivity index (χ2n) is 4.42. The Morgan fingerprint density at radius 2 is 2.06 bits per heavy atom. The molecule has 3 heteroatoms. The number of rotatable bonds is 3. The summed E-state index contributed by atoms with van der Waals surface area (Å²) < 4.78 is 2.25. The van der Waals surface area contributed by atoms with Gasteiger partial charge in [-0.05, 0) is 38.7 Å². The van der Waals surface area contributed by atoms with Gasteiger partial charge in [-0.2, -0.15) is 0 Å². The summed E-state index contributed by atoms with van der Waals surface area (Å²) in [5, 5.41) is 1.21. The van der Waals surface area contributed by atoms with Crippen LogP contribution >= 0.6 is 0 Å². The number of benzene rings is 1. The minimum Gasteiger partial charge on any atom is -0.398 e. The van der Waals surface area contributed by atoms with Gasteiger partial charge in [0.15, 0.2) is 0 Å². The van der Waals surface area contributed by atoms with Crippen LogP contribution in [0, 0.1) is 0 Å². The highest BCUT2D eigenvalue weighted by atomic mass is 15.1. The van der Waals surface area contributed by atoms with Crippen molar-refractivity contribution in [1.82, 2.24) is 9.47 Å². The zero-order chi connectivity index (χ0) is 11.7. The molecule has 86 valence electrons. The number of hydrogen-bond donors (Lipinski definition) is 1. The summed E-state index contributed by atoms with van der Waals surface area (Å²) in [6, 6.07) is 6.12. The summed E-state index contributed by atoms with van der Waals surface area (Å²) >= 11 is 0. The standard InChI is InChI=1S/C13H19N3/c1-4-16-9-10(8-15(2)3)13-11(14)6-5-7-12(13)16/h5-7,9H,4,8,14H2,1-3H3.